The molecule has 0 aliphatic rings. The van der Waals surface area contributed by atoms with Gasteiger partial charge in [0, 0.05) is 29.4 Å². The molecule has 0 bridgehead atoms. The van der Waals surface area contributed by atoms with Gasteiger partial charge < -0.3 is 10.6 Å². The van der Waals surface area contributed by atoms with Gasteiger partial charge in [-0.2, -0.15) is 5.10 Å². The molecule has 6 nitrogen and oxygen atoms in total. The van der Waals surface area contributed by atoms with Crippen LogP contribution in [0.3, 0.4) is 0 Å². The van der Waals surface area contributed by atoms with E-state index in [-0.39, 0.29) is 5.56 Å². The van der Waals surface area contributed by atoms with Gasteiger partial charge in [0.05, 0.1) is 16.4 Å². The third kappa shape index (κ3) is 4.22. The minimum atomic E-state index is -0.429. The normalized spacial score (nSPS) is 10.4. The van der Waals surface area contributed by atoms with E-state index < -0.39 is 6.03 Å². The Kier molecular flexibility index (Phi) is 5.25. The summed E-state index contributed by atoms with van der Waals surface area (Å²) in [6, 6.07) is 14.6. The Morgan fingerprint density at radius 1 is 1.00 bits per heavy atom. The average molecular weight is 389 g/mol. The highest BCUT2D eigenvalue weighted by Gasteiger charge is 2.07. The van der Waals surface area contributed by atoms with Crippen LogP contribution in [0.4, 0.5) is 16.2 Å². The number of nitrogens with zero attached hydrogens (tertiary/aromatic N) is 2. The molecule has 0 unspecified atom stereocenters. The molecule has 0 radical (unpaired) electrons. The summed E-state index contributed by atoms with van der Waals surface area (Å²) in [6.07, 6.45) is 0. The van der Waals surface area contributed by atoms with E-state index in [0.717, 1.165) is 5.56 Å². The van der Waals surface area contributed by atoms with Crippen LogP contribution < -0.4 is 16.2 Å². The lowest BCUT2D eigenvalue weighted by atomic mass is 10.1. The van der Waals surface area contributed by atoms with E-state index in [1.807, 2.05) is 0 Å². The maximum Gasteiger partial charge on any atom is 0.323 e. The second kappa shape index (κ2) is 7.59. The highest BCUT2D eigenvalue weighted by Crippen LogP contribution is 2.25. The molecule has 26 heavy (non-hydrogen) atoms. The van der Waals surface area contributed by atoms with Crippen molar-refractivity contribution in [2.45, 2.75) is 0 Å². The van der Waals surface area contributed by atoms with Gasteiger partial charge in [0.25, 0.3) is 5.56 Å². The lowest BCUT2D eigenvalue weighted by Crippen LogP contribution is -2.19. The summed E-state index contributed by atoms with van der Waals surface area (Å²) in [5.74, 6) is 0. The topological polar surface area (TPSA) is 76.0 Å². The molecule has 0 aliphatic heterocycles. The molecule has 3 rings (SSSR count). The highest BCUT2D eigenvalue weighted by molar-refractivity contribution is 6.36. The lowest BCUT2D eigenvalue weighted by molar-refractivity contribution is 0.262. The number of benzene rings is 2. The first-order chi connectivity index (χ1) is 12.4. The van der Waals surface area contributed by atoms with Crippen LogP contribution in [0, 0.1) is 0 Å². The zero-order valence-electron chi connectivity index (χ0n) is 13.7. The summed E-state index contributed by atoms with van der Waals surface area (Å²) in [5.41, 5.74) is 2.37. The largest absolute Gasteiger partial charge is 0.323 e. The van der Waals surface area contributed by atoms with Gasteiger partial charge >= 0.3 is 6.03 Å². The summed E-state index contributed by atoms with van der Waals surface area (Å²) in [5, 5.41) is 10.4. The third-order valence-electron chi connectivity index (χ3n) is 3.58. The molecule has 2 N–H and O–H groups in total. The Bertz CT molecular complexity index is 1020. The standard InChI is InChI=1S/C18H14Cl2N4O2/c1-24-17(25)9-8-15(23-24)11-2-5-13(6-3-11)21-18(26)22-16-7-4-12(19)10-14(16)20/h2-10H,1H3,(H2,21,22,26). The number of hydrogen-bond donors (Lipinski definition) is 2. The highest BCUT2D eigenvalue weighted by atomic mass is 35.5. The predicted octanol–water partition coefficient (Wildman–Crippen LogP) is 4.40. The smallest absolute Gasteiger partial charge is 0.308 e. The van der Waals surface area contributed by atoms with Crippen molar-refractivity contribution < 1.29 is 4.79 Å². The Balaban J connectivity index is 1.69. The molecule has 132 valence electrons. The van der Waals surface area contributed by atoms with Crippen LogP contribution in [-0.4, -0.2) is 15.8 Å². The summed E-state index contributed by atoms with van der Waals surface area (Å²) >= 11 is 11.9. The van der Waals surface area contributed by atoms with Gasteiger partial charge in [-0.25, -0.2) is 9.48 Å². The van der Waals surface area contributed by atoms with Gasteiger partial charge in [0.2, 0.25) is 0 Å². The molecule has 0 fully saturated rings. The first-order valence-electron chi connectivity index (χ1n) is 7.60. The molecule has 1 aromatic heterocycles. The summed E-state index contributed by atoms with van der Waals surface area (Å²) in [7, 11) is 1.59. The van der Waals surface area contributed by atoms with Crippen molar-refractivity contribution in [3.05, 3.63) is 75.0 Å². The van der Waals surface area contributed by atoms with Gasteiger partial charge in [-0.3, -0.25) is 4.79 Å². The molecule has 0 saturated carbocycles. The molecular formula is C18H14Cl2N4O2. The molecule has 8 heteroatoms. The Hall–Kier alpha value is -2.83. The van der Waals surface area contributed by atoms with Crippen LogP contribution in [0.1, 0.15) is 0 Å². The van der Waals surface area contributed by atoms with Crippen molar-refractivity contribution in [2.24, 2.45) is 7.05 Å². The fourth-order valence-corrected chi connectivity index (χ4v) is 2.71. The number of amides is 2. The molecular weight excluding hydrogens is 375 g/mol. The van der Waals surface area contributed by atoms with Crippen molar-refractivity contribution in [2.75, 3.05) is 10.6 Å². The lowest BCUT2D eigenvalue weighted by Gasteiger charge is -2.10. The Labute approximate surface area is 159 Å². The van der Waals surface area contributed by atoms with E-state index >= 15 is 0 Å². The fourth-order valence-electron chi connectivity index (χ4n) is 2.26. The molecule has 0 atom stereocenters. The number of urea groups is 1. The average Bonchev–Trinajstić information content (AvgIpc) is 2.60. The number of aryl methyl sites for hydroxylation is 1. The van der Waals surface area contributed by atoms with E-state index in [1.165, 1.54) is 10.7 Å². The number of halogens is 2. The monoisotopic (exact) mass is 388 g/mol. The zero-order valence-corrected chi connectivity index (χ0v) is 15.2. The van der Waals surface area contributed by atoms with Crippen molar-refractivity contribution >= 4 is 40.6 Å². The number of aromatic nitrogens is 2. The van der Waals surface area contributed by atoms with E-state index in [0.29, 0.717) is 27.1 Å². The van der Waals surface area contributed by atoms with E-state index in [2.05, 4.69) is 15.7 Å². The molecule has 3 aromatic rings. The zero-order chi connectivity index (χ0) is 18.7. The summed E-state index contributed by atoms with van der Waals surface area (Å²) in [4.78, 5) is 23.5. The van der Waals surface area contributed by atoms with Gasteiger partial charge in [0.15, 0.2) is 0 Å². The number of hydrogen-bond acceptors (Lipinski definition) is 3. The summed E-state index contributed by atoms with van der Waals surface area (Å²) in [6.45, 7) is 0. The Morgan fingerprint density at radius 2 is 1.73 bits per heavy atom. The van der Waals surface area contributed by atoms with E-state index in [4.69, 9.17) is 23.2 Å². The van der Waals surface area contributed by atoms with Crippen molar-refractivity contribution in [1.82, 2.24) is 9.78 Å². The van der Waals surface area contributed by atoms with Crippen molar-refractivity contribution in [1.29, 1.82) is 0 Å². The van der Waals surface area contributed by atoms with Gasteiger partial charge in [-0.05, 0) is 36.4 Å². The van der Waals surface area contributed by atoms with E-state index in [1.54, 1.807) is 55.6 Å². The second-order valence-corrected chi connectivity index (χ2v) is 6.30. The molecule has 1 heterocycles. The fraction of sp³-hybridized carbons (Fsp3) is 0.0556. The maximum atomic E-state index is 12.1. The van der Waals surface area contributed by atoms with Crippen molar-refractivity contribution in [3.63, 3.8) is 0 Å². The summed E-state index contributed by atoms with van der Waals surface area (Å²) < 4.78 is 1.27. The first-order valence-corrected chi connectivity index (χ1v) is 8.36. The number of nitrogens with one attached hydrogen (secondary N) is 2. The van der Waals surface area contributed by atoms with Crippen LogP contribution in [0.25, 0.3) is 11.3 Å². The van der Waals surface area contributed by atoms with Crippen LogP contribution in [-0.2, 0) is 7.05 Å². The van der Waals surface area contributed by atoms with Gasteiger partial charge in [-0.1, -0.05) is 35.3 Å². The second-order valence-electron chi connectivity index (χ2n) is 5.46. The predicted molar refractivity (Wildman–Crippen MR) is 104 cm³/mol. The van der Waals surface area contributed by atoms with Crippen LogP contribution in [0.5, 0.6) is 0 Å². The minimum Gasteiger partial charge on any atom is -0.308 e. The van der Waals surface area contributed by atoms with E-state index in [9.17, 15) is 9.59 Å². The maximum absolute atomic E-state index is 12.1. The molecule has 2 amide bonds. The number of anilines is 2. The van der Waals surface area contributed by atoms with Gasteiger partial charge in [-0.15, -0.1) is 0 Å². The number of carbonyl (C=O) groups is 1. The molecule has 0 aliphatic carbocycles. The Morgan fingerprint density at radius 3 is 2.38 bits per heavy atom. The first kappa shape index (κ1) is 18.0. The van der Waals surface area contributed by atoms with Crippen LogP contribution in [0.15, 0.2) is 59.4 Å². The third-order valence-corrected chi connectivity index (χ3v) is 4.13. The quantitative estimate of drug-likeness (QED) is 0.697. The van der Waals surface area contributed by atoms with Crippen molar-refractivity contribution in [3.8, 4) is 11.3 Å². The number of carbonyl (C=O) groups excluding carboxylic acids is 1. The molecule has 0 spiro atoms. The van der Waals surface area contributed by atoms with Gasteiger partial charge in [0.1, 0.15) is 0 Å². The SMILES string of the molecule is Cn1nc(-c2ccc(NC(=O)Nc3ccc(Cl)cc3Cl)cc2)ccc1=O. The minimum absolute atomic E-state index is 0.176. The number of rotatable bonds is 3. The van der Waals surface area contributed by atoms with Crippen LogP contribution >= 0.6 is 23.2 Å². The molecule has 0 saturated heterocycles. The molecule has 2 aromatic carbocycles. The van der Waals surface area contributed by atoms with Crippen LogP contribution in [0.2, 0.25) is 10.0 Å².